The Labute approximate surface area is 180 Å². The number of nitrogens with zero attached hydrogens (tertiary/aromatic N) is 4. The summed E-state index contributed by atoms with van der Waals surface area (Å²) in [6.07, 6.45) is 4.55. The molecule has 0 atom stereocenters. The first kappa shape index (κ1) is 20.3. The maximum absolute atomic E-state index is 12.7. The van der Waals surface area contributed by atoms with Crippen molar-refractivity contribution in [3.05, 3.63) is 58.4 Å². The number of hydrazone groups is 1. The Morgan fingerprint density at radius 2 is 1.90 bits per heavy atom. The molecule has 7 heteroatoms. The molecule has 4 rings (SSSR count). The first-order chi connectivity index (χ1) is 14.4. The minimum atomic E-state index is -0.385. The van der Waals surface area contributed by atoms with Crippen molar-refractivity contribution in [2.24, 2.45) is 10.1 Å². The van der Waals surface area contributed by atoms with Gasteiger partial charge in [0.25, 0.3) is 5.91 Å². The number of hydrogen-bond acceptors (Lipinski definition) is 4. The van der Waals surface area contributed by atoms with Crippen LogP contribution in [-0.2, 0) is 11.2 Å². The molecule has 0 saturated carbocycles. The summed E-state index contributed by atoms with van der Waals surface area (Å²) >= 11 is 1.38. The van der Waals surface area contributed by atoms with Crippen molar-refractivity contribution in [1.82, 2.24) is 9.58 Å². The van der Waals surface area contributed by atoms with Gasteiger partial charge in [-0.2, -0.15) is 15.1 Å². The third-order valence-corrected chi connectivity index (χ3v) is 6.30. The Morgan fingerprint density at radius 1 is 1.17 bits per heavy atom. The van der Waals surface area contributed by atoms with E-state index in [0.29, 0.717) is 5.17 Å². The second-order valence-electron chi connectivity index (χ2n) is 7.45. The summed E-state index contributed by atoms with van der Waals surface area (Å²) < 4.78 is 2.17. The van der Waals surface area contributed by atoms with Crippen LogP contribution in [0.3, 0.4) is 0 Å². The lowest BCUT2D eigenvalue weighted by atomic mass is 10.1. The number of rotatable bonds is 5. The molecule has 1 aromatic heterocycles. The largest absolute Gasteiger partial charge is 0.318 e. The fraction of sp³-hybridized carbons (Fsp3) is 0.304. The molecule has 0 radical (unpaired) electrons. The monoisotopic (exact) mass is 419 g/mol. The average molecular weight is 420 g/mol. The van der Waals surface area contributed by atoms with Gasteiger partial charge in [-0.05, 0) is 80.3 Å². The van der Waals surface area contributed by atoms with Crippen LogP contribution in [-0.4, -0.2) is 31.5 Å². The summed E-state index contributed by atoms with van der Waals surface area (Å²) in [5.74, 6) is -0.301. The molecule has 2 aromatic rings. The predicted octanol–water partition coefficient (Wildman–Crippen LogP) is 5.08. The van der Waals surface area contributed by atoms with Gasteiger partial charge < -0.3 is 4.57 Å². The van der Waals surface area contributed by atoms with Gasteiger partial charge in [0.1, 0.15) is 5.04 Å². The van der Waals surface area contributed by atoms with E-state index < -0.39 is 0 Å². The third-order valence-electron chi connectivity index (χ3n) is 5.33. The molecule has 0 bridgehead atoms. The predicted molar refractivity (Wildman–Crippen MR) is 125 cm³/mol. The van der Waals surface area contributed by atoms with Crippen LogP contribution in [0.15, 0.2) is 46.0 Å². The highest BCUT2D eigenvalue weighted by atomic mass is 32.2. The number of aryl methyl sites for hydroxylation is 2. The topological polar surface area (TPSA) is 73.8 Å². The van der Waals surface area contributed by atoms with E-state index in [1.54, 1.807) is 6.08 Å². The van der Waals surface area contributed by atoms with Gasteiger partial charge >= 0.3 is 0 Å². The van der Waals surface area contributed by atoms with Crippen LogP contribution in [0, 0.1) is 19.3 Å². The summed E-state index contributed by atoms with van der Waals surface area (Å²) in [6, 6.07) is 10.6. The second kappa shape index (κ2) is 8.07. The highest BCUT2D eigenvalue weighted by Crippen LogP contribution is 2.31. The molecule has 0 saturated heterocycles. The van der Waals surface area contributed by atoms with E-state index >= 15 is 0 Å². The van der Waals surface area contributed by atoms with Gasteiger partial charge in [0.15, 0.2) is 5.84 Å². The molecular weight excluding hydrogens is 394 g/mol. The van der Waals surface area contributed by atoms with Crippen LogP contribution in [0.25, 0.3) is 11.8 Å². The molecule has 1 N–H and O–H groups in total. The van der Waals surface area contributed by atoms with E-state index in [1.165, 1.54) is 22.3 Å². The zero-order valence-electron chi connectivity index (χ0n) is 17.7. The number of fused-ring (bicyclic) bond motifs is 1. The smallest absolute Gasteiger partial charge is 0.283 e. The van der Waals surface area contributed by atoms with Crippen molar-refractivity contribution < 1.29 is 4.79 Å². The molecule has 0 aliphatic carbocycles. The van der Waals surface area contributed by atoms with Gasteiger partial charge in [-0.1, -0.05) is 26.0 Å². The molecule has 0 unspecified atom stereocenters. The van der Waals surface area contributed by atoms with Crippen molar-refractivity contribution in [3.8, 4) is 5.69 Å². The Morgan fingerprint density at radius 3 is 2.57 bits per heavy atom. The first-order valence-corrected chi connectivity index (χ1v) is 11.0. The Balaban J connectivity index is 1.70. The number of hydrogen-bond donors (Lipinski definition) is 1. The lowest BCUT2D eigenvalue weighted by Crippen LogP contribution is -2.35. The maximum atomic E-state index is 12.7. The van der Waals surface area contributed by atoms with E-state index in [0.717, 1.165) is 46.9 Å². The number of benzene rings is 1. The van der Waals surface area contributed by atoms with E-state index in [9.17, 15) is 4.79 Å². The second-order valence-corrected chi connectivity index (χ2v) is 8.49. The van der Waals surface area contributed by atoms with Gasteiger partial charge in [-0.25, -0.2) is 0 Å². The van der Waals surface area contributed by atoms with Crippen molar-refractivity contribution in [1.29, 1.82) is 5.41 Å². The number of carbonyl (C=O) groups is 1. The molecule has 0 spiro atoms. The summed E-state index contributed by atoms with van der Waals surface area (Å²) in [7, 11) is 0. The molecule has 2 aliphatic heterocycles. The molecule has 0 fully saturated rings. The fourth-order valence-electron chi connectivity index (χ4n) is 3.71. The molecule has 1 amide bonds. The van der Waals surface area contributed by atoms with Crippen molar-refractivity contribution in [2.45, 2.75) is 47.0 Å². The number of amides is 1. The van der Waals surface area contributed by atoms with Crippen LogP contribution in [0.4, 0.5) is 0 Å². The normalized spacial score (nSPS) is 17.5. The van der Waals surface area contributed by atoms with Crippen molar-refractivity contribution in [3.63, 3.8) is 0 Å². The number of nitrogens with one attached hydrogen (secondary N) is 1. The van der Waals surface area contributed by atoms with Gasteiger partial charge in [0.2, 0.25) is 5.17 Å². The molecule has 3 heterocycles. The first-order valence-electron chi connectivity index (χ1n) is 10.2. The quantitative estimate of drug-likeness (QED) is 0.687. The van der Waals surface area contributed by atoms with Crippen LogP contribution >= 0.6 is 11.8 Å². The highest BCUT2D eigenvalue weighted by Gasteiger charge is 2.35. The van der Waals surface area contributed by atoms with Crippen LogP contribution in [0.1, 0.15) is 49.2 Å². The maximum Gasteiger partial charge on any atom is 0.283 e. The van der Waals surface area contributed by atoms with Crippen molar-refractivity contribution in [2.75, 3.05) is 0 Å². The zero-order valence-corrected chi connectivity index (χ0v) is 18.5. The molecule has 6 nitrogen and oxygen atoms in total. The minimum absolute atomic E-state index is 0.0840. The van der Waals surface area contributed by atoms with Crippen LogP contribution < -0.4 is 0 Å². The Bertz CT molecular complexity index is 1120. The van der Waals surface area contributed by atoms with Gasteiger partial charge in [-0.15, -0.1) is 0 Å². The summed E-state index contributed by atoms with van der Waals surface area (Å²) in [5.41, 5.74) is 5.64. The van der Waals surface area contributed by atoms with E-state index in [4.69, 9.17) is 5.41 Å². The molecule has 30 heavy (non-hydrogen) atoms. The summed E-state index contributed by atoms with van der Waals surface area (Å²) in [5, 5.41) is 15.9. The van der Waals surface area contributed by atoms with Gasteiger partial charge in [-0.3, -0.25) is 10.2 Å². The lowest BCUT2D eigenvalue weighted by Gasteiger charge is -2.20. The minimum Gasteiger partial charge on any atom is -0.318 e. The molecule has 2 aliphatic rings. The standard InChI is InChI=1S/C23H25N5OS/c1-5-7-20-26-28-21(24)19(22(29)25-23(28)30-20)13-17-12-14(3)27(15(17)4)18-10-8-16(6-2)9-11-18/h8-13,24H,5-7H2,1-4H3. The molecule has 1 aromatic carbocycles. The van der Waals surface area contributed by atoms with E-state index in [2.05, 4.69) is 52.8 Å². The average Bonchev–Trinajstić information content (AvgIpc) is 3.25. The zero-order chi connectivity index (χ0) is 21.4. The molecular formula is C23H25N5OS. The molecule has 154 valence electrons. The number of carbonyl (C=O) groups excluding carboxylic acids is 1. The van der Waals surface area contributed by atoms with Crippen molar-refractivity contribution >= 4 is 39.8 Å². The van der Waals surface area contributed by atoms with Gasteiger partial charge in [0.05, 0.1) is 5.57 Å². The van der Waals surface area contributed by atoms with E-state index in [1.807, 2.05) is 19.9 Å². The summed E-state index contributed by atoms with van der Waals surface area (Å²) in [4.78, 5) is 16.8. The Hall–Kier alpha value is -2.93. The van der Waals surface area contributed by atoms with Crippen LogP contribution in [0.5, 0.6) is 0 Å². The Kier molecular flexibility index (Phi) is 5.47. The number of aliphatic imine (C=N–C) groups is 1. The summed E-state index contributed by atoms with van der Waals surface area (Å²) in [6.45, 7) is 8.30. The highest BCUT2D eigenvalue weighted by molar-refractivity contribution is 8.26. The third kappa shape index (κ3) is 3.54. The number of thioether (sulfide) groups is 1. The SMILES string of the molecule is CCCC1=NN2C(=N)C(=Cc3cc(C)n(-c4ccc(CC)cc4)c3C)C(=O)N=C2S1. The van der Waals surface area contributed by atoms with Gasteiger partial charge in [0, 0.05) is 17.1 Å². The lowest BCUT2D eigenvalue weighted by molar-refractivity contribution is -0.114. The number of amidine groups is 2. The van der Waals surface area contributed by atoms with E-state index in [-0.39, 0.29) is 17.3 Å². The number of aromatic nitrogens is 1. The van der Waals surface area contributed by atoms with Crippen LogP contribution in [0.2, 0.25) is 0 Å². The fourth-order valence-corrected chi connectivity index (χ4v) is 4.70.